The zero-order valence-corrected chi connectivity index (χ0v) is 12.9. The summed E-state index contributed by atoms with van der Waals surface area (Å²) < 4.78 is 0. The Balaban J connectivity index is 2.50. The number of hydrogen-bond donors (Lipinski definition) is 1. The quantitative estimate of drug-likeness (QED) is 0.821. The van der Waals surface area contributed by atoms with E-state index in [2.05, 4.69) is 52.1 Å². The number of amides is 1. The van der Waals surface area contributed by atoms with Crippen LogP contribution in [-0.4, -0.2) is 5.91 Å². The minimum Gasteiger partial charge on any atom is -0.326 e. The van der Waals surface area contributed by atoms with Crippen molar-refractivity contribution in [2.45, 2.75) is 53.9 Å². The molecule has 19 heavy (non-hydrogen) atoms. The fourth-order valence-electron chi connectivity index (χ4n) is 1.96. The third kappa shape index (κ3) is 7.00. The van der Waals surface area contributed by atoms with E-state index >= 15 is 0 Å². The number of carbonyl (C=O) groups is 1. The van der Waals surface area contributed by atoms with E-state index in [0.29, 0.717) is 17.8 Å². The molecule has 1 aromatic rings. The number of rotatable bonds is 5. The Morgan fingerprint density at radius 1 is 1.16 bits per heavy atom. The Bertz CT molecular complexity index is 398. The van der Waals surface area contributed by atoms with Crippen LogP contribution in [-0.2, 0) is 11.2 Å². The van der Waals surface area contributed by atoms with Gasteiger partial charge in [-0.15, -0.1) is 0 Å². The molecule has 1 amide bonds. The summed E-state index contributed by atoms with van der Waals surface area (Å²) in [4.78, 5) is 11.7. The van der Waals surface area contributed by atoms with E-state index in [1.165, 1.54) is 5.56 Å². The third-order valence-corrected chi connectivity index (χ3v) is 2.92. The van der Waals surface area contributed by atoms with Crippen molar-refractivity contribution in [3.05, 3.63) is 29.8 Å². The van der Waals surface area contributed by atoms with E-state index in [0.717, 1.165) is 18.5 Å². The van der Waals surface area contributed by atoms with Gasteiger partial charge in [-0.05, 0) is 41.9 Å². The van der Waals surface area contributed by atoms with Crippen LogP contribution >= 0.6 is 0 Å². The molecule has 106 valence electrons. The van der Waals surface area contributed by atoms with Gasteiger partial charge in [-0.1, -0.05) is 46.8 Å². The highest BCUT2D eigenvalue weighted by molar-refractivity contribution is 5.90. The molecule has 0 saturated heterocycles. The van der Waals surface area contributed by atoms with Gasteiger partial charge in [0, 0.05) is 12.1 Å². The summed E-state index contributed by atoms with van der Waals surface area (Å²) in [5.74, 6) is 0.678. The maximum Gasteiger partial charge on any atom is 0.224 e. The normalized spacial score (nSPS) is 11.7. The summed E-state index contributed by atoms with van der Waals surface area (Å²) in [6.07, 6.45) is 2.59. The fourth-order valence-corrected chi connectivity index (χ4v) is 1.96. The minimum absolute atomic E-state index is 0.109. The molecule has 0 aromatic heterocycles. The van der Waals surface area contributed by atoms with Gasteiger partial charge in [0.15, 0.2) is 0 Å². The second kappa shape index (κ2) is 6.74. The molecule has 0 saturated carbocycles. The topological polar surface area (TPSA) is 29.1 Å². The molecule has 0 atom stereocenters. The van der Waals surface area contributed by atoms with Crippen LogP contribution in [0, 0.1) is 11.3 Å². The van der Waals surface area contributed by atoms with Crippen LogP contribution in [0.2, 0.25) is 0 Å². The van der Waals surface area contributed by atoms with Crippen molar-refractivity contribution in [1.82, 2.24) is 0 Å². The predicted molar refractivity (Wildman–Crippen MR) is 82.3 cm³/mol. The molecule has 0 spiro atoms. The number of benzene rings is 1. The van der Waals surface area contributed by atoms with Crippen molar-refractivity contribution in [2.75, 3.05) is 5.32 Å². The van der Waals surface area contributed by atoms with E-state index in [1.54, 1.807) is 0 Å². The van der Waals surface area contributed by atoms with Crippen LogP contribution in [0.4, 0.5) is 5.69 Å². The number of carbonyl (C=O) groups excluding carboxylic acids is 1. The highest BCUT2D eigenvalue weighted by Gasteiger charge is 2.11. The van der Waals surface area contributed by atoms with E-state index in [-0.39, 0.29) is 5.91 Å². The molecule has 0 heterocycles. The Morgan fingerprint density at radius 3 is 2.21 bits per heavy atom. The monoisotopic (exact) mass is 261 g/mol. The van der Waals surface area contributed by atoms with Gasteiger partial charge in [-0.2, -0.15) is 0 Å². The van der Waals surface area contributed by atoms with Gasteiger partial charge in [0.2, 0.25) is 5.91 Å². The Labute approximate surface area is 117 Å². The second-order valence-electron chi connectivity index (χ2n) is 6.92. The lowest BCUT2D eigenvalue weighted by atomic mass is 9.88. The van der Waals surface area contributed by atoms with Crippen molar-refractivity contribution < 1.29 is 4.79 Å². The Morgan fingerprint density at radius 2 is 1.74 bits per heavy atom. The molecule has 0 fully saturated rings. The summed E-state index contributed by atoms with van der Waals surface area (Å²) in [5, 5.41) is 2.95. The average molecular weight is 261 g/mol. The summed E-state index contributed by atoms with van der Waals surface area (Å²) in [7, 11) is 0. The molecular formula is C17H27NO. The lowest BCUT2D eigenvalue weighted by molar-refractivity contribution is -0.116. The smallest absolute Gasteiger partial charge is 0.224 e. The number of hydrogen-bond acceptors (Lipinski definition) is 1. The van der Waals surface area contributed by atoms with Crippen molar-refractivity contribution in [3.63, 3.8) is 0 Å². The second-order valence-corrected chi connectivity index (χ2v) is 6.92. The van der Waals surface area contributed by atoms with Crippen LogP contribution in [0.3, 0.4) is 0 Å². The lowest BCUT2D eigenvalue weighted by Crippen LogP contribution is -2.12. The SMILES string of the molecule is CC(C)CCC(=O)Nc1ccc(CC(C)(C)C)cc1. The molecule has 1 aromatic carbocycles. The zero-order chi connectivity index (χ0) is 14.5. The molecule has 2 heteroatoms. The van der Waals surface area contributed by atoms with Crippen LogP contribution in [0.25, 0.3) is 0 Å². The van der Waals surface area contributed by atoms with E-state index in [4.69, 9.17) is 0 Å². The molecule has 0 aliphatic heterocycles. The molecule has 0 aliphatic rings. The van der Waals surface area contributed by atoms with Crippen molar-refractivity contribution in [2.24, 2.45) is 11.3 Å². The lowest BCUT2D eigenvalue weighted by Gasteiger charge is -2.18. The Hall–Kier alpha value is -1.31. The van der Waals surface area contributed by atoms with Gasteiger partial charge < -0.3 is 5.32 Å². The van der Waals surface area contributed by atoms with Crippen LogP contribution < -0.4 is 5.32 Å². The average Bonchev–Trinajstić information content (AvgIpc) is 2.27. The molecule has 0 radical (unpaired) electrons. The van der Waals surface area contributed by atoms with Gasteiger partial charge >= 0.3 is 0 Å². The van der Waals surface area contributed by atoms with Gasteiger partial charge in [-0.25, -0.2) is 0 Å². The van der Waals surface area contributed by atoms with Crippen LogP contribution in [0.1, 0.15) is 53.0 Å². The first kappa shape index (κ1) is 15.7. The summed E-state index contributed by atoms with van der Waals surface area (Å²) in [6.45, 7) is 11.0. The molecule has 1 N–H and O–H groups in total. The van der Waals surface area contributed by atoms with Crippen molar-refractivity contribution in [1.29, 1.82) is 0 Å². The molecule has 0 unspecified atom stereocenters. The molecular weight excluding hydrogens is 234 g/mol. The van der Waals surface area contributed by atoms with Crippen molar-refractivity contribution >= 4 is 11.6 Å². The first-order valence-electron chi connectivity index (χ1n) is 7.15. The zero-order valence-electron chi connectivity index (χ0n) is 12.9. The maximum atomic E-state index is 11.7. The standard InChI is InChI=1S/C17H27NO/c1-13(2)6-11-16(19)18-15-9-7-14(8-10-15)12-17(3,4)5/h7-10,13H,6,11-12H2,1-5H3,(H,18,19). The largest absolute Gasteiger partial charge is 0.326 e. The fraction of sp³-hybridized carbons (Fsp3) is 0.588. The third-order valence-electron chi connectivity index (χ3n) is 2.92. The Kier molecular flexibility index (Phi) is 5.59. The van der Waals surface area contributed by atoms with E-state index < -0.39 is 0 Å². The van der Waals surface area contributed by atoms with Crippen LogP contribution in [0.5, 0.6) is 0 Å². The van der Waals surface area contributed by atoms with Crippen molar-refractivity contribution in [3.8, 4) is 0 Å². The first-order valence-corrected chi connectivity index (χ1v) is 7.15. The highest BCUT2D eigenvalue weighted by atomic mass is 16.1. The van der Waals surface area contributed by atoms with Gasteiger partial charge in [0.05, 0.1) is 0 Å². The van der Waals surface area contributed by atoms with E-state index in [1.807, 2.05) is 12.1 Å². The molecule has 1 rings (SSSR count). The molecule has 2 nitrogen and oxygen atoms in total. The van der Waals surface area contributed by atoms with Gasteiger partial charge in [0.1, 0.15) is 0 Å². The van der Waals surface area contributed by atoms with Crippen LogP contribution in [0.15, 0.2) is 24.3 Å². The van der Waals surface area contributed by atoms with Gasteiger partial charge in [-0.3, -0.25) is 4.79 Å². The summed E-state index contributed by atoms with van der Waals surface area (Å²) in [5.41, 5.74) is 2.50. The predicted octanol–water partition coefficient (Wildman–Crippen LogP) is 4.65. The summed E-state index contributed by atoms with van der Waals surface area (Å²) >= 11 is 0. The first-order chi connectivity index (χ1) is 8.76. The minimum atomic E-state index is 0.109. The van der Waals surface area contributed by atoms with E-state index in [9.17, 15) is 4.79 Å². The van der Waals surface area contributed by atoms with Gasteiger partial charge in [0.25, 0.3) is 0 Å². The summed E-state index contributed by atoms with van der Waals surface area (Å²) in [6, 6.07) is 8.19. The molecule has 0 bridgehead atoms. The highest BCUT2D eigenvalue weighted by Crippen LogP contribution is 2.21. The maximum absolute atomic E-state index is 11.7. The number of anilines is 1. The number of nitrogens with one attached hydrogen (secondary N) is 1. The molecule has 0 aliphatic carbocycles.